The van der Waals surface area contributed by atoms with Gasteiger partial charge in [-0.25, -0.2) is 9.97 Å². The zero-order valence-electron chi connectivity index (χ0n) is 12.9. The first-order chi connectivity index (χ1) is 10.2. The average Bonchev–Trinajstić information content (AvgIpc) is 2.78. The quantitative estimate of drug-likeness (QED) is 0.721. The number of nitrogens with one attached hydrogen (secondary N) is 1. The molecule has 0 spiro atoms. The number of methoxy groups -OCH3 is 1. The van der Waals surface area contributed by atoms with Crippen LogP contribution in [0.3, 0.4) is 0 Å². The number of hydrogen-bond donors (Lipinski definition) is 1. The summed E-state index contributed by atoms with van der Waals surface area (Å²) in [4.78, 5) is 11.1. The molecule has 21 heavy (non-hydrogen) atoms. The molecular formula is C15H23N3O2S. The SMILES string of the molecule is COCCOCCCCNc1ncnc2sc(C)c(C)c12. The third kappa shape index (κ3) is 4.36. The Morgan fingerprint density at radius 3 is 2.81 bits per heavy atom. The molecule has 0 amide bonds. The first-order valence-corrected chi connectivity index (χ1v) is 8.07. The van der Waals surface area contributed by atoms with Crippen LogP contribution in [0.4, 0.5) is 5.82 Å². The minimum absolute atomic E-state index is 0.661. The van der Waals surface area contributed by atoms with Crippen LogP contribution in [0.15, 0.2) is 6.33 Å². The van der Waals surface area contributed by atoms with Crippen LogP contribution in [0.2, 0.25) is 0 Å². The molecule has 0 radical (unpaired) electrons. The standard InChI is InChI=1S/C15H23N3O2S/c1-11-12(2)21-15-13(11)14(17-10-18-15)16-6-4-5-7-20-9-8-19-3/h10H,4-9H2,1-3H3,(H,16,17,18). The molecule has 5 nitrogen and oxygen atoms in total. The number of anilines is 1. The van der Waals surface area contributed by atoms with Crippen LogP contribution in [-0.4, -0.2) is 43.4 Å². The van der Waals surface area contributed by atoms with Gasteiger partial charge in [-0.15, -0.1) is 11.3 Å². The molecule has 6 heteroatoms. The molecule has 2 aromatic heterocycles. The Morgan fingerprint density at radius 2 is 2.00 bits per heavy atom. The van der Waals surface area contributed by atoms with Crippen LogP contribution < -0.4 is 5.32 Å². The van der Waals surface area contributed by atoms with Crippen molar-refractivity contribution in [2.45, 2.75) is 26.7 Å². The lowest BCUT2D eigenvalue weighted by atomic mass is 10.2. The second-order valence-electron chi connectivity index (χ2n) is 4.92. The molecule has 0 saturated heterocycles. The summed E-state index contributed by atoms with van der Waals surface area (Å²) in [5.74, 6) is 0.946. The van der Waals surface area contributed by atoms with Crippen molar-refractivity contribution in [3.05, 3.63) is 16.8 Å². The van der Waals surface area contributed by atoms with E-state index in [4.69, 9.17) is 9.47 Å². The maximum atomic E-state index is 5.44. The summed E-state index contributed by atoms with van der Waals surface area (Å²) in [6.45, 7) is 7.27. The highest BCUT2D eigenvalue weighted by molar-refractivity contribution is 7.18. The molecule has 2 rings (SSSR count). The zero-order valence-corrected chi connectivity index (χ0v) is 13.8. The van der Waals surface area contributed by atoms with E-state index in [1.165, 1.54) is 10.4 Å². The fourth-order valence-corrected chi connectivity index (χ4v) is 3.09. The Morgan fingerprint density at radius 1 is 1.14 bits per heavy atom. The number of nitrogens with zero attached hydrogens (tertiary/aromatic N) is 2. The van der Waals surface area contributed by atoms with Gasteiger partial charge in [-0.05, 0) is 32.3 Å². The van der Waals surface area contributed by atoms with E-state index in [0.29, 0.717) is 13.2 Å². The van der Waals surface area contributed by atoms with Gasteiger partial charge in [-0.3, -0.25) is 0 Å². The van der Waals surface area contributed by atoms with Crippen molar-refractivity contribution >= 4 is 27.4 Å². The van der Waals surface area contributed by atoms with E-state index in [0.717, 1.165) is 42.0 Å². The van der Waals surface area contributed by atoms with Crippen LogP contribution in [-0.2, 0) is 9.47 Å². The van der Waals surface area contributed by atoms with Gasteiger partial charge in [0, 0.05) is 25.1 Å². The van der Waals surface area contributed by atoms with Gasteiger partial charge in [0.05, 0.1) is 18.6 Å². The van der Waals surface area contributed by atoms with Gasteiger partial charge in [0.25, 0.3) is 0 Å². The van der Waals surface area contributed by atoms with Crippen LogP contribution in [0, 0.1) is 13.8 Å². The first-order valence-electron chi connectivity index (χ1n) is 7.25. The summed E-state index contributed by atoms with van der Waals surface area (Å²) in [6.07, 6.45) is 3.72. The number of rotatable bonds is 9. The molecular weight excluding hydrogens is 286 g/mol. The molecule has 0 saturated carbocycles. The fraction of sp³-hybridized carbons (Fsp3) is 0.600. The Balaban J connectivity index is 1.79. The predicted molar refractivity (Wildman–Crippen MR) is 87.3 cm³/mol. The molecule has 0 atom stereocenters. The Kier molecular flexibility index (Phi) is 6.35. The molecule has 0 bridgehead atoms. The summed E-state index contributed by atoms with van der Waals surface area (Å²) in [5.41, 5.74) is 1.28. The van der Waals surface area contributed by atoms with Gasteiger partial charge in [0.1, 0.15) is 17.0 Å². The van der Waals surface area contributed by atoms with Gasteiger partial charge < -0.3 is 14.8 Å². The lowest BCUT2D eigenvalue weighted by molar-refractivity contribution is 0.0691. The van der Waals surface area contributed by atoms with E-state index in [1.807, 2.05) is 0 Å². The van der Waals surface area contributed by atoms with Gasteiger partial charge in [0.15, 0.2) is 0 Å². The Labute approximate surface area is 129 Å². The van der Waals surface area contributed by atoms with E-state index >= 15 is 0 Å². The van der Waals surface area contributed by atoms with Gasteiger partial charge in [0.2, 0.25) is 0 Å². The largest absolute Gasteiger partial charge is 0.382 e. The second kappa shape index (κ2) is 8.26. The van der Waals surface area contributed by atoms with E-state index in [-0.39, 0.29) is 0 Å². The second-order valence-corrected chi connectivity index (χ2v) is 6.13. The highest BCUT2D eigenvalue weighted by Gasteiger charge is 2.11. The van der Waals surface area contributed by atoms with Gasteiger partial charge in [-0.1, -0.05) is 0 Å². The molecule has 0 fully saturated rings. The third-order valence-corrected chi connectivity index (χ3v) is 4.52. The van der Waals surface area contributed by atoms with Crippen molar-refractivity contribution in [3.8, 4) is 0 Å². The maximum absolute atomic E-state index is 5.44. The first kappa shape index (κ1) is 16.1. The number of thiophene rings is 1. The molecule has 1 N–H and O–H groups in total. The summed E-state index contributed by atoms with van der Waals surface area (Å²) >= 11 is 1.72. The van der Waals surface area contributed by atoms with Crippen molar-refractivity contribution in [1.82, 2.24) is 9.97 Å². The number of fused-ring (bicyclic) bond motifs is 1. The van der Waals surface area contributed by atoms with Crippen LogP contribution in [0.1, 0.15) is 23.3 Å². The topological polar surface area (TPSA) is 56.3 Å². The van der Waals surface area contributed by atoms with Crippen molar-refractivity contribution in [2.24, 2.45) is 0 Å². The van der Waals surface area contributed by atoms with E-state index in [1.54, 1.807) is 24.8 Å². The minimum Gasteiger partial charge on any atom is -0.382 e. The molecule has 0 aliphatic heterocycles. The lowest BCUT2D eigenvalue weighted by Crippen LogP contribution is -2.07. The predicted octanol–water partition coefficient (Wildman–Crippen LogP) is 3.16. The molecule has 0 aliphatic carbocycles. The van der Waals surface area contributed by atoms with Crippen LogP contribution in [0.25, 0.3) is 10.2 Å². The normalized spacial score (nSPS) is 11.2. The van der Waals surface area contributed by atoms with Crippen molar-refractivity contribution in [2.75, 3.05) is 38.8 Å². The monoisotopic (exact) mass is 309 g/mol. The summed E-state index contributed by atoms with van der Waals surface area (Å²) in [7, 11) is 1.68. The molecule has 2 aromatic rings. The van der Waals surface area contributed by atoms with Crippen molar-refractivity contribution < 1.29 is 9.47 Å². The van der Waals surface area contributed by atoms with Crippen molar-refractivity contribution in [1.29, 1.82) is 0 Å². The van der Waals surface area contributed by atoms with E-state index < -0.39 is 0 Å². The minimum atomic E-state index is 0.661. The third-order valence-electron chi connectivity index (χ3n) is 3.41. The van der Waals surface area contributed by atoms with Crippen LogP contribution >= 0.6 is 11.3 Å². The van der Waals surface area contributed by atoms with Crippen LogP contribution in [0.5, 0.6) is 0 Å². The van der Waals surface area contributed by atoms with E-state index in [9.17, 15) is 0 Å². The molecule has 116 valence electrons. The Hall–Kier alpha value is -1.24. The smallest absolute Gasteiger partial charge is 0.138 e. The fourth-order valence-electron chi connectivity index (χ4n) is 2.10. The summed E-state index contributed by atoms with van der Waals surface area (Å²) in [5, 5.41) is 4.58. The molecule has 0 aromatic carbocycles. The molecule has 0 aliphatic rings. The lowest BCUT2D eigenvalue weighted by Gasteiger charge is -2.07. The highest BCUT2D eigenvalue weighted by atomic mass is 32.1. The number of aryl methyl sites for hydroxylation is 2. The maximum Gasteiger partial charge on any atom is 0.138 e. The van der Waals surface area contributed by atoms with Gasteiger partial charge in [-0.2, -0.15) is 0 Å². The number of aromatic nitrogens is 2. The average molecular weight is 309 g/mol. The zero-order chi connectivity index (χ0) is 15.1. The van der Waals surface area contributed by atoms with Crippen molar-refractivity contribution in [3.63, 3.8) is 0 Å². The highest BCUT2D eigenvalue weighted by Crippen LogP contribution is 2.32. The molecule has 0 unspecified atom stereocenters. The Bertz CT molecular complexity index is 571. The van der Waals surface area contributed by atoms with Gasteiger partial charge >= 0.3 is 0 Å². The molecule has 2 heterocycles. The number of hydrogen-bond acceptors (Lipinski definition) is 6. The summed E-state index contributed by atoms with van der Waals surface area (Å²) < 4.78 is 10.4. The van der Waals surface area contributed by atoms with E-state index in [2.05, 4.69) is 29.1 Å². The summed E-state index contributed by atoms with van der Waals surface area (Å²) in [6, 6.07) is 0. The number of ether oxygens (including phenoxy) is 2. The number of unbranched alkanes of at least 4 members (excludes halogenated alkanes) is 1.